The molecule has 2 nitrogen and oxygen atoms in total. The van der Waals surface area contributed by atoms with Gasteiger partial charge >= 0.3 is 0 Å². The summed E-state index contributed by atoms with van der Waals surface area (Å²) in [4.78, 5) is 4.32. The van der Waals surface area contributed by atoms with Crippen molar-refractivity contribution in [1.29, 1.82) is 0 Å². The van der Waals surface area contributed by atoms with E-state index in [1.165, 1.54) is 0 Å². The SMILES string of the molecule is C=C(C1=CC=CC(C)(C)NC1=NC)C(C)C. The van der Waals surface area contributed by atoms with Crippen LogP contribution in [0.4, 0.5) is 0 Å². The maximum atomic E-state index is 4.32. The standard InChI is InChI=1S/C14H22N2/c1-10(2)11(3)12-8-7-9-14(4,5)16-13(12)15-6/h7-10H,3H2,1-2,4-6H3,(H,15,16). The Kier molecular flexibility index (Phi) is 3.74. The molecule has 0 aromatic heterocycles. The van der Waals surface area contributed by atoms with Crippen molar-refractivity contribution in [2.75, 3.05) is 7.05 Å². The summed E-state index contributed by atoms with van der Waals surface area (Å²) in [6, 6.07) is 0. The molecule has 1 heterocycles. The van der Waals surface area contributed by atoms with Gasteiger partial charge in [0.1, 0.15) is 5.84 Å². The van der Waals surface area contributed by atoms with Crippen LogP contribution >= 0.6 is 0 Å². The van der Waals surface area contributed by atoms with Crippen LogP contribution in [0.5, 0.6) is 0 Å². The van der Waals surface area contributed by atoms with Gasteiger partial charge in [0.15, 0.2) is 0 Å². The molecule has 0 atom stereocenters. The lowest BCUT2D eigenvalue weighted by Gasteiger charge is -2.25. The van der Waals surface area contributed by atoms with Crippen molar-refractivity contribution >= 4 is 5.84 Å². The summed E-state index contributed by atoms with van der Waals surface area (Å²) in [5.41, 5.74) is 2.17. The second-order valence-electron chi connectivity index (χ2n) is 5.04. The third kappa shape index (κ3) is 2.84. The molecular weight excluding hydrogens is 196 g/mol. The van der Waals surface area contributed by atoms with Gasteiger partial charge in [-0.1, -0.05) is 38.7 Å². The number of rotatable bonds is 2. The van der Waals surface area contributed by atoms with Crippen molar-refractivity contribution in [3.8, 4) is 0 Å². The molecule has 0 bridgehead atoms. The van der Waals surface area contributed by atoms with Crippen molar-refractivity contribution in [2.24, 2.45) is 10.9 Å². The first-order chi connectivity index (χ1) is 7.37. The first-order valence-electron chi connectivity index (χ1n) is 5.71. The Morgan fingerprint density at radius 2 is 2.06 bits per heavy atom. The van der Waals surface area contributed by atoms with Crippen LogP contribution in [-0.2, 0) is 0 Å². The van der Waals surface area contributed by atoms with Gasteiger partial charge in [-0.25, -0.2) is 0 Å². The quantitative estimate of drug-likeness (QED) is 0.756. The van der Waals surface area contributed by atoms with E-state index in [1.807, 2.05) is 7.05 Å². The number of nitrogens with one attached hydrogen (secondary N) is 1. The minimum Gasteiger partial charge on any atom is -0.362 e. The van der Waals surface area contributed by atoms with Gasteiger partial charge in [0.25, 0.3) is 0 Å². The smallest absolute Gasteiger partial charge is 0.128 e. The van der Waals surface area contributed by atoms with Crippen LogP contribution in [0.3, 0.4) is 0 Å². The lowest BCUT2D eigenvalue weighted by Crippen LogP contribution is -2.42. The van der Waals surface area contributed by atoms with E-state index in [9.17, 15) is 0 Å². The van der Waals surface area contributed by atoms with Crippen LogP contribution in [-0.4, -0.2) is 18.4 Å². The summed E-state index contributed by atoms with van der Waals surface area (Å²) in [6.45, 7) is 12.7. The lowest BCUT2D eigenvalue weighted by atomic mass is 9.95. The summed E-state index contributed by atoms with van der Waals surface area (Å²) in [5, 5.41) is 3.42. The summed E-state index contributed by atoms with van der Waals surface area (Å²) < 4.78 is 0. The topological polar surface area (TPSA) is 24.4 Å². The van der Waals surface area contributed by atoms with Gasteiger partial charge in [0.2, 0.25) is 0 Å². The predicted octanol–water partition coefficient (Wildman–Crippen LogP) is 3.09. The Morgan fingerprint density at radius 1 is 1.44 bits per heavy atom. The maximum absolute atomic E-state index is 4.32. The maximum Gasteiger partial charge on any atom is 0.128 e. The average molecular weight is 218 g/mol. The zero-order valence-corrected chi connectivity index (χ0v) is 11.0. The Labute approximate surface area is 98.9 Å². The molecule has 1 rings (SSSR count). The molecule has 0 fully saturated rings. The monoisotopic (exact) mass is 218 g/mol. The molecule has 0 saturated heterocycles. The number of nitrogens with zero attached hydrogens (tertiary/aromatic N) is 1. The van der Waals surface area contributed by atoms with Gasteiger partial charge in [0, 0.05) is 12.6 Å². The van der Waals surface area contributed by atoms with E-state index >= 15 is 0 Å². The molecule has 0 saturated carbocycles. The van der Waals surface area contributed by atoms with Crippen LogP contribution < -0.4 is 5.32 Å². The molecular formula is C14H22N2. The Balaban J connectivity index is 3.07. The van der Waals surface area contributed by atoms with E-state index in [-0.39, 0.29) is 5.54 Å². The van der Waals surface area contributed by atoms with E-state index in [2.05, 4.69) is 62.8 Å². The molecule has 0 unspecified atom stereocenters. The van der Waals surface area contributed by atoms with Crippen LogP contribution in [0.1, 0.15) is 27.7 Å². The lowest BCUT2D eigenvalue weighted by molar-refractivity contribution is 0.577. The molecule has 1 aliphatic rings. The number of amidine groups is 1. The Hall–Kier alpha value is -1.31. The Morgan fingerprint density at radius 3 is 2.56 bits per heavy atom. The highest BCUT2D eigenvalue weighted by Gasteiger charge is 2.21. The zero-order chi connectivity index (χ0) is 12.3. The molecule has 0 aromatic carbocycles. The summed E-state index contributed by atoms with van der Waals surface area (Å²) >= 11 is 0. The van der Waals surface area contributed by atoms with Gasteiger partial charge < -0.3 is 5.32 Å². The van der Waals surface area contributed by atoms with Gasteiger partial charge in [-0.05, 0) is 25.3 Å². The van der Waals surface area contributed by atoms with Crippen LogP contribution in [0.25, 0.3) is 0 Å². The fraction of sp³-hybridized carbons (Fsp3) is 0.500. The van der Waals surface area contributed by atoms with Crippen LogP contribution in [0.15, 0.2) is 40.9 Å². The van der Waals surface area contributed by atoms with Crippen molar-refractivity contribution < 1.29 is 0 Å². The summed E-state index contributed by atoms with van der Waals surface area (Å²) in [7, 11) is 1.81. The van der Waals surface area contributed by atoms with Crippen LogP contribution in [0.2, 0.25) is 0 Å². The largest absolute Gasteiger partial charge is 0.362 e. The van der Waals surface area contributed by atoms with E-state index in [0.717, 1.165) is 17.0 Å². The van der Waals surface area contributed by atoms with E-state index in [1.54, 1.807) is 0 Å². The molecule has 16 heavy (non-hydrogen) atoms. The van der Waals surface area contributed by atoms with Gasteiger partial charge in [0.05, 0.1) is 5.54 Å². The molecule has 0 aromatic rings. The normalized spacial score (nSPS) is 21.6. The van der Waals surface area contributed by atoms with Gasteiger partial charge in [-0.2, -0.15) is 0 Å². The minimum atomic E-state index is -0.0651. The fourth-order valence-electron chi connectivity index (χ4n) is 1.62. The number of allylic oxidation sites excluding steroid dienone is 2. The summed E-state index contributed by atoms with van der Waals surface area (Å²) in [5.74, 6) is 1.35. The third-order valence-electron chi connectivity index (χ3n) is 2.74. The molecule has 1 aliphatic heterocycles. The van der Waals surface area contributed by atoms with Crippen molar-refractivity contribution in [3.63, 3.8) is 0 Å². The molecule has 0 aliphatic carbocycles. The number of hydrogen-bond acceptors (Lipinski definition) is 1. The van der Waals surface area contributed by atoms with E-state index < -0.39 is 0 Å². The molecule has 2 heteroatoms. The van der Waals surface area contributed by atoms with E-state index in [0.29, 0.717) is 5.92 Å². The van der Waals surface area contributed by atoms with Gasteiger partial charge in [-0.3, -0.25) is 4.99 Å². The second-order valence-corrected chi connectivity index (χ2v) is 5.04. The molecule has 0 amide bonds. The highest BCUT2D eigenvalue weighted by atomic mass is 15.0. The van der Waals surface area contributed by atoms with Crippen molar-refractivity contribution in [1.82, 2.24) is 5.32 Å². The van der Waals surface area contributed by atoms with Crippen molar-refractivity contribution in [3.05, 3.63) is 36.0 Å². The highest BCUT2D eigenvalue weighted by molar-refractivity contribution is 6.03. The molecule has 1 N–H and O–H groups in total. The second kappa shape index (κ2) is 4.69. The Bertz CT molecular complexity index is 368. The third-order valence-corrected chi connectivity index (χ3v) is 2.74. The van der Waals surface area contributed by atoms with E-state index in [4.69, 9.17) is 0 Å². The summed E-state index contributed by atoms with van der Waals surface area (Å²) in [6.07, 6.45) is 6.30. The van der Waals surface area contributed by atoms with Crippen molar-refractivity contribution in [2.45, 2.75) is 33.2 Å². The predicted molar refractivity (Wildman–Crippen MR) is 71.8 cm³/mol. The highest BCUT2D eigenvalue weighted by Crippen LogP contribution is 2.22. The number of hydrogen-bond donors (Lipinski definition) is 1. The van der Waals surface area contributed by atoms with Crippen LogP contribution in [0, 0.1) is 5.92 Å². The molecule has 88 valence electrons. The fourth-order valence-corrected chi connectivity index (χ4v) is 1.62. The molecule has 0 radical (unpaired) electrons. The average Bonchev–Trinajstić information content (AvgIpc) is 2.34. The first-order valence-corrected chi connectivity index (χ1v) is 5.71. The minimum absolute atomic E-state index is 0.0651. The number of aliphatic imine (C=N–C) groups is 1. The first kappa shape index (κ1) is 12.8. The zero-order valence-electron chi connectivity index (χ0n) is 11.0. The van der Waals surface area contributed by atoms with Gasteiger partial charge in [-0.15, -0.1) is 0 Å². The molecule has 0 spiro atoms.